The smallest absolute Gasteiger partial charge is 0.303 e. The van der Waals surface area contributed by atoms with E-state index in [1.807, 2.05) is 53.5 Å². The highest BCUT2D eigenvalue weighted by atomic mass is 32.2. The summed E-state index contributed by atoms with van der Waals surface area (Å²) in [6, 6.07) is 9.96. The number of benzene rings is 1. The lowest BCUT2D eigenvalue weighted by Gasteiger charge is -2.33. The second-order valence-corrected chi connectivity index (χ2v) is 7.93. The van der Waals surface area contributed by atoms with Crippen LogP contribution in [-0.2, 0) is 9.59 Å². The first kappa shape index (κ1) is 22.2. The molecule has 152 valence electrons. The molecule has 0 spiro atoms. The van der Waals surface area contributed by atoms with Crippen LogP contribution in [0.3, 0.4) is 0 Å². The van der Waals surface area contributed by atoms with E-state index >= 15 is 0 Å². The summed E-state index contributed by atoms with van der Waals surface area (Å²) in [5.41, 5.74) is 0. The van der Waals surface area contributed by atoms with Crippen molar-refractivity contribution in [3.8, 4) is 0 Å². The van der Waals surface area contributed by atoms with Crippen LogP contribution >= 0.6 is 11.8 Å². The molecule has 0 bridgehead atoms. The van der Waals surface area contributed by atoms with E-state index in [1.54, 1.807) is 17.8 Å². The zero-order valence-corrected chi connectivity index (χ0v) is 16.9. The van der Waals surface area contributed by atoms with Gasteiger partial charge in [0.2, 0.25) is 5.91 Å². The highest BCUT2D eigenvalue weighted by molar-refractivity contribution is 7.99. The molecule has 1 heterocycles. The maximum Gasteiger partial charge on any atom is 0.303 e. The van der Waals surface area contributed by atoms with Crippen molar-refractivity contribution in [1.82, 2.24) is 4.90 Å². The Morgan fingerprint density at radius 1 is 1.29 bits per heavy atom. The molecule has 2 rings (SSSR count). The monoisotopic (exact) mass is 403 g/mol. The van der Waals surface area contributed by atoms with Gasteiger partial charge < -0.3 is 15.1 Å². The van der Waals surface area contributed by atoms with Crippen LogP contribution in [0.1, 0.15) is 38.5 Å². The van der Waals surface area contributed by atoms with Gasteiger partial charge >= 0.3 is 5.97 Å². The topological polar surface area (TPSA) is 77.8 Å². The highest BCUT2D eigenvalue weighted by Crippen LogP contribution is 2.21. The number of aliphatic hydroxyl groups is 1. The van der Waals surface area contributed by atoms with Gasteiger partial charge in [0, 0.05) is 30.0 Å². The number of piperidine rings is 1. The van der Waals surface area contributed by atoms with Gasteiger partial charge in [-0.15, -0.1) is 11.8 Å². The fraction of sp³-hybridized carbons (Fsp3) is 0.455. The molecule has 6 heteroatoms. The summed E-state index contributed by atoms with van der Waals surface area (Å²) in [6.07, 6.45) is 10.9. The SMILES string of the molecule is O=C(O)CCC/C=C\CN1C(=O)CCC[C@@H]1/C=C/C(O)CSc1ccccc1. The van der Waals surface area contributed by atoms with Crippen LogP contribution in [0.25, 0.3) is 0 Å². The van der Waals surface area contributed by atoms with Crippen molar-refractivity contribution in [2.75, 3.05) is 12.3 Å². The molecule has 28 heavy (non-hydrogen) atoms. The highest BCUT2D eigenvalue weighted by Gasteiger charge is 2.25. The number of carbonyl (C=O) groups excluding carboxylic acids is 1. The number of unbranched alkanes of at least 4 members (excludes halogenated alkanes) is 1. The van der Waals surface area contributed by atoms with Crippen molar-refractivity contribution in [2.24, 2.45) is 0 Å². The molecular formula is C22H29NO4S. The number of aliphatic hydroxyl groups excluding tert-OH is 1. The Morgan fingerprint density at radius 2 is 2.07 bits per heavy atom. The minimum Gasteiger partial charge on any atom is -0.481 e. The zero-order valence-electron chi connectivity index (χ0n) is 16.1. The number of likely N-dealkylation sites (tertiary alicyclic amines) is 1. The standard InChI is InChI=1S/C22H29NO4S/c24-19(17-28-20-10-4-3-5-11-20)15-14-18-9-8-12-21(25)23(18)16-7-2-1-6-13-22(26)27/h2-5,7,10-11,14-15,18-19,24H,1,6,8-9,12-13,16-17H2,(H,26,27)/b7-2-,15-14+/t18-,19?/m1/s1. The summed E-state index contributed by atoms with van der Waals surface area (Å²) in [6.45, 7) is 0.524. The Balaban J connectivity index is 1.81. The Morgan fingerprint density at radius 3 is 2.82 bits per heavy atom. The number of hydrogen-bond donors (Lipinski definition) is 2. The van der Waals surface area contributed by atoms with Gasteiger partial charge in [-0.1, -0.05) is 42.5 Å². The first-order chi connectivity index (χ1) is 13.6. The first-order valence-electron chi connectivity index (χ1n) is 9.77. The average Bonchev–Trinajstić information content (AvgIpc) is 2.69. The summed E-state index contributed by atoms with van der Waals surface area (Å²) in [4.78, 5) is 25.8. The Labute approximate surface area is 171 Å². The van der Waals surface area contributed by atoms with E-state index in [0.717, 1.165) is 17.7 Å². The maximum absolute atomic E-state index is 12.3. The minimum atomic E-state index is -0.784. The molecule has 1 saturated heterocycles. The largest absolute Gasteiger partial charge is 0.481 e. The number of hydrogen-bond acceptors (Lipinski definition) is 4. The van der Waals surface area contributed by atoms with Crippen LogP contribution in [0.2, 0.25) is 0 Å². The van der Waals surface area contributed by atoms with Gasteiger partial charge in [-0.3, -0.25) is 9.59 Å². The lowest BCUT2D eigenvalue weighted by Crippen LogP contribution is -2.42. The van der Waals surface area contributed by atoms with Crippen LogP contribution in [0.15, 0.2) is 59.5 Å². The summed E-state index contributed by atoms with van der Waals surface area (Å²) in [5, 5.41) is 18.9. The van der Waals surface area contributed by atoms with Gasteiger partial charge in [-0.05, 0) is 37.8 Å². The summed E-state index contributed by atoms with van der Waals surface area (Å²) < 4.78 is 0. The van der Waals surface area contributed by atoms with Gasteiger partial charge in [0.25, 0.3) is 0 Å². The molecule has 0 saturated carbocycles. The number of amides is 1. The maximum atomic E-state index is 12.3. The van der Waals surface area contributed by atoms with E-state index < -0.39 is 12.1 Å². The molecular weight excluding hydrogens is 374 g/mol. The fourth-order valence-electron chi connectivity index (χ4n) is 3.07. The van der Waals surface area contributed by atoms with Crippen LogP contribution in [-0.4, -0.2) is 51.4 Å². The Hall–Kier alpha value is -2.05. The van der Waals surface area contributed by atoms with Gasteiger partial charge in [-0.25, -0.2) is 0 Å². The molecule has 1 aromatic carbocycles. The molecule has 2 N–H and O–H groups in total. The summed E-state index contributed by atoms with van der Waals surface area (Å²) >= 11 is 1.61. The molecule has 1 aliphatic rings. The average molecular weight is 404 g/mol. The molecule has 2 atom stereocenters. The van der Waals surface area contributed by atoms with Crippen molar-refractivity contribution in [2.45, 2.75) is 55.6 Å². The molecule has 5 nitrogen and oxygen atoms in total. The predicted molar refractivity (Wildman–Crippen MR) is 112 cm³/mol. The summed E-state index contributed by atoms with van der Waals surface area (Å²) in [7, 11) is 0. The molecule has 1 fully saturated rings. The van der Waals surface area contributed by atoms with Crippen LogP contribution in [0, 0.1) is 0 Å². The van der Waals surface area contributed by atoms with Crippen molar-refractivity contribution in [3.05, 3.63) is 54.6 Å². The van der Waals surface area contributed by atoms with Gasteiger partial charge in [0.15, 0.2) is 0 Å². The normalized spacial score (nSPS) is 18.8. The third-order valence-corrected chi connectivity index (χ3v) is 5.67. The third-order valence-electron chi connectivity index (χ3n) is 4.56. The first-order valence-corrected chi connectivity index (χ1v) is 10.8. The van der Waals surface area contributed by atoms with Crippen LogP contribution in [0.4, 0.5) is 0 Å². The van der Waals surface area contributed by atoms with Crippen LogP contribution in [0.5, 0.6) is 0 Å². The number of thioether (sulfide) groups is 1. The second-order valence-electron chi connectivity index (χ2n) is 6.84. The number of carboxylic acid groups (broad SMARTS) is 1. The Bertz CT molecular complexity index is 674. The quantitative estimate of drug-likeness (QED) is 0.333. The Kier molecular flexibility index (Phi) is 9.86. The molecule has 0 radical (unpaired) electrons. The summed E-state index contributed by atoms with van der Waals surface area (Å²) in [5.74, 6) is -0.0805. The molecule has 1 aliphatic heterocycles. The predicted octanol–water partition coefficient (Wildman–Crippen LogP) is 3.89. The van der Waals surface area contributed by atoms with E-state index in [2.05, 4.69) is 0 Å². The van der Waals surface area contributed by atoms with E-state index in [1.165, 1.54) is 0 Å². The van der Waals surface area contributed by atoms with Crippen molar-refractivity contribution in [3.63, 3.8) is 0 Å². The van der Waals surface area contributed by atoms with E-state index in [0.29, 0.717) is 31.6 Å². The van der Waals surface area contributed by atoms with Crippen molar-refractivity contribution < 1.29 is 19.8 Å². The zero-order chi connectivity index (χ0) is 20.2. The van der Waals surface area contributed by atoms with Crippen molar-refractivity contribution >= 4 is 23.6 Å². The van der Waals surface area contributed by atoms with Gasteiger partial charge in [0.05, 0.1) is 12.1 Å². The lowest BCUT2D eigenvalue weighted by molar-refractivity contribution is -0.137. The number of nitrogens with zero attached hydrogens (tertiary/aromatic N) is 1. The fourth-order valence-corrected chi connectivity index (χ4v) is 3.90. The molecule has 1 aromatic rings. The lowest BCUT2D eigenvalue weighted by atomic mass is 10.0. The number of allylic oxidation sites excluding steroid dienone is 1. The number of aliphatic carboxylic acids is 1. The minimum absolute atomic E-state index is 0.00120. The number of carbonyl (C=O) groups is 2. The molecule has 0 aromatic heterocycles. The van der Waals surface area contributed by atoms with Gasteiger partial charge in [-0.2, -0.15) is 0 Å². The third kappa shape index (κ3) is 8.31. The van der Waals surface area contributed by atoms with E-state index in [9.17, 15) is 14.7 Å². The van der Waals surface area contributed by atoms with Crippen molar-refractivity contribution in [1.29, 1.82) is 0 Å². The molecule has 1 amide bonds. The molecule has 1 unspecified atom stereocenters. The molecule has 0 aliphatic carbocycles. The van der Waals surface area contributed by atoms with E-state index in [4.69, 9.17) is 5.11 Å². The van der Waals surface area contributed by atoms with Gasteiger partial charge in [0.1, 0.15) is 0 Å². The number of rotatable bonds is 11. The number of carboxylic acids is 1. The second kappa shape index (κ2) is 12.4. The van der Waals surface area contributed by atoms with Crippen LogP contribution < -0.4 is 0 Å². The van der Waals surface area contributed by atoms with E-state index in [-0.39, 0.29) is 18.4 Å².